The first-order valence-electron chi connectivity index (χ1n) is 6.19. The van der Waals surface area contributed by atoms with E-state index in [1.807, 2.05) is 0 Å². The van der Waals surface area contributed by atoms with Crippen molar-refractivity contribution in [3.05, 3.63) is 60.2 Å². The van der Waals surface area contributed by atoms with E-state index >= 15 is 0 Å². The number of halogens is 2. The van der Waals surface area contributed by atoms with Crippen molar-refractivity contribution in [2.45, 2.75) is 0 Å². The molecule has 0 aliphatic heterocycles. The Morgan fingerprint density at radius 3 is 1.41 bits per heavy atom. The molecule has 0 amide bonds. The highest BCUT2D eigenvalue weighted by Crippen LogP contribution is 2.12. The number of benzene rings is 2. The maximum atomic E-state index is 13.4. The summed E-state index contributed by atoms with van der Waals surface area (Å²) in [5, 5.41) is 5.55. The van der Waals surface area contributed by atoms with Crippen LogP contribution in [0.1, 0.15) is 0 Å². The minimum absolute atomic E-state index is 0.114. The minimum atomic E-state index is -0.432. The number of anilines is 2. The zero-order chi connectivity index (χ0) is 15.9. The molecular formula is C14H12F2N4S2. The second-order valence-electron chi connectivity index (χ2n) is 4.12. The summed E-state index contributed by atoms with van der Waals surface area (Å²) in [6.07, 6.45) is 0. The quantitative estimate of drug-likeness (QED) is 0.499. The van der Waals surface area contributed by atoms with Crippen LogP contribution in [0, 0.1) is 11.6 Å². The summed E-state index contributed by atoms with van der Waals surface area (Å²) in [5.74, 6) is -0.864. The molecule has 0 aliphatic rings. The van der Waals surface area contributed by atoms with Gasteiger partial charge in [-0.1, -0.05) is 24.3 Å². The summed E-state index contributed by atoms with van der Waals surface area (Å²) >= 11 is 9.98. The Balaban J connectivity index is 1.82. The largest absolute Gasteiger partial charge is 0.329 e. The molecule has 0 radical (unpaired) electrons. The van der Waals surface area contributed by atoms with Gasteiger partial charge < -0.3 is 10.6 Å². The van der Waals surface area contributed by atoms with Crippen LogP contribution in [0.5, 0.6) is 0 Å². The van der Waals surface area contributed by atoms with Crippen molar-refractivity contribution < 1.29 is 8.78 Å². The molecule has 4 N–H and O–H groups in total. The molecule has 0 saturated heterocycles. The van der Waals surface area contributed by atoms with Crippen LogP contribution >= 0.6 is 24.4 Å². The van der Waals surface area contributed by atoms with Gasteiger partial charge in [-0.2, -0.15) is 0 Å². The van der Waals surface area contributed by atoms with Gasteiger partial charge in [0.15, 0.2) is 10.2 Å². The van der Waals surface area contributed by atoms with Gasteiger partial charge >= 0.3 is 0 Å². The van der Waals surface area contributed by atoms with E-state index in [1.54, 1.807) is 36.4 Å². The maximum absolute atomic E-state index is 13.4. The Morgan fingerprint density at radius 1 is 0.682 bits per heavy atom. The number of rotatable bonds is 2. The number of thiocarbonyl (C=S) groups is 2. The van der Waals surface area contributed by atoms with Crippen LogP contribution in [-0.2, 0) is 0 Å². The van der Waals surface area contributed by atoms with Crippen LogP contribution in [0.15, 0.2) is 48.5 Å². The first kappa shape index (κ1) is 16.1. The first-order valence-corrected chi connectivity index (χ1v) is 7.01. The van der Waals surface area contributed by atoms with E-state index in [0.29, 0.717) is 0 Å². The predicted molar refractivity (Wildman–Crippen MR) is 91.5 cm³/mol. The summed E-state index contributed by atoms with van der Waals surface area (Å²) in [4.78, 5) is 0. The summed E-state index contributed by atoms with van der Waals surface area (Å²) in [6, 6.07) is 12.2. The maximum Gasteiger partial charge on any atom is 0.189 e. The van der Waals surface area contributed by atoms with Crippen molar-refractivity contribution in [1.82, 2.24) is 10.9 Å². The highest BCUT2D eigenvalue weighted by atomic mass is 32.1. The number of para-hydroxylation sites is 2. The summed E-state index contributed by atoms with van der Waals surface area (Å²) in [6.45, 7) is 0. The average Bonchev–Trinajstić information content (AvgIpc) is 2.50. The molecule has 114 valence electrons. The van der Waals surface area contributed by atoms with Crippen LogP contribution in [0.3, 0.4) is 0 Å². The number of hydrogen-bond donors (Lipinski definition) is 4. The van der Waals surface area contributed by atoms with Gasteiger partial charge in [-0.05, 0) is 48.7 Å². The number of hydrazine groups is 1. The molecule has 0 aromatic heterocycles. The van der Waals surface area contributed by atoms with Gasteiger partial charge in [0.1, 0.15) is 11.6 Å². The lowest BCUT2D eigenvalue weighted by molar-refractivity contribution is 0.631. The van der Waals surface area contributed by atoms with Gasteiger partial charge in [-0.25, -0.2) is 8.78 Å². The van der Waals surface area contributed by atoms with Crippen LogP contribution < -0.4 is 21.5 Å². The van der Waals surface area contributed by atoms with Gasteiger partial charge in [-0.15, -0.1) is 0 Å². The lowest BCUT2D eigenvalue weighted by atomic mass is 10.3. The summed E-state index contributed by atoms with van der Waals surface area (Å²) in [5.41, 5.74) is 5.61. The fourth-order valence-corrected chi connectivity index (χ4v) is 1.87. The third-order valence-electron chi connectivity index (χ3n) is 2.53. The Labute approximate surface area is 136 Å². The standard InChI is InChI=1S/C14H12F2N4S2/c15-9-5-1-3-7-11(9)17-13(21)19-20-14(22)18-12-8-4-2-6-10(12)16/h1-8H,(H2,17,19,21)(H2,18,20,22). The van der Waals surface area contributed by atoms with Crippen LogP contribution in [0.25, 0.3) is 0 Å². The van der Waals surface area contributed by atoms with Gasteiger partial charge in [0.2, 0.25) is 0 Å². The third-order valence-corrected chi connectivity index (χ3v) is 2.94. The smallest absolute Gasteiger partial charge is 0.189 e. The van der Waals surface area contributed by atoms with Crippen molar-refractivity contribution in [2.24, 2.45) is 0 Å². The lowest BCUT2D eigenvalue weighted by Crippen LogP contribution is -2.45. The topological polar surface area (TPSA) is 48.1 Å². The average molecular weight is 338 g/mol. The van der Waals surface area contributed by atoms with E-state index in [2.05, 4.69) is 21.5 Å². The van der Waals surface area contributed by atoms with Crippen LogP contribution in [-0.4, -0.2) is 10.2 Å². The van der Waals surface area contributed by atoms with Crippen molar-refractivity contribution in [2.75, 3.05) is 10.6 Å². The van der Waals surface area contributed by atoms with E-state index in [-0.39, 0.29) is 21.6 Å². The fraction of sp³-hybridized carbons (Fsp3) is 0. The highest BCUT2D eigenvalue weighted by molar-refractivity contribution is 7.81. The van der Waals surface area contributed by atoms with Crippen LogP contribution in [0.4, 0.5) is 20.2 Å². The van der Waals surface area contributed by atoms with E-state index < -0.39 is 11.6 Å². The zero-order valence-electron chi connectivity index (χ0n) is 11.2. The molecule has 0 spiro atoms. The molecule has 0 fully saturated rings. The monoisotopic (exact) mass is 338 g/mol. The van der Waals surface area contributed by atoms with Crippen LogP contribution in [0.2, 0.25) is 0 Å². The highest BCUT2D eigenvalue weighted by Gasteiger charge is 2.05. The predicted octanol–water partition coefficient (Wildman–Crippen LogP) is 3.15. The molecule has 0 atom stereocenters. The van der Waals surface area contributed by atoms with E-state index in [9.17, 15) is 8.78 Å². The van der Waals surface area contributed by atoms with Gasteiger partial charge in [-0.3, -0.25) is 10.9 Å². The molecule has 2 rings (SSSR count). The van der Waals surface area contributed by atoms with Gasteiger partial charge in [0, 0.05) is 0 Å². The molecule has 0 bridgehead atoms. The first-order chi connectivity index (χ1) is 10.6. The number of hydrogen-bond acceptors (Lipinski definition) is 2. The molecule has 0 unspecified atom stereocenters. The molecule has 4 nitrogen and oxygen atoms in total. The molecule has 0 saturated carbocycles. The van der Waals surface area contributed by atoms with E-state index in [4.69, 9.17) is 24.4 Å². The van der Waals surface area contributed by atoms with E-state index in [0.717, 1.165) is 0 Å². The lowest BCUT2D eigenvalue weighted by Gasteiger charge is -2.14. The Kier molecular flexibility index (Phi) is 5.56. The van der Waals surface area contributed by atoms with Crippen molar-refractivity contribution in [1.29, 1.82) is 0 Å². The molecular weight excluding hydrogens is 326 g/mol. The molecule has 0 aliphatic carbocycles. The van der Waals surface area contributed by atoms with Gasteiger partial charge in [0.25, 0.3) is 0 Å². The second kappa shape index (κ2) is 7.62. The van der Waals surface area contributed by atoms with Crippen molar-refractivity contribution in [3.63, 3.8) is 0 Å². The van der Waals surface area contributed by atoms with Crippen molar-refractivity contribution >= 4 is 46.0 Å². The molecule has 2 aromatic rings. The Hall–Kier alpha value is -2.32. The third kappa shape index (κ3) is 4.61. The van der Waals surface area contributed by atoms with E-state index in [1.165, 1.54) is 12.1 Å². The normalized spacial score (nSPS) is 9.73. The summed E-state index contributed by atoms with van der Waals surface area (Å²) in [7, 11) is 0. The Morgan fingerprint density at radius 2 is 1.05 bits per heavy atom. The number of nitrogens with one attached hydrogen (secondary N) is 4. The minimum Gasteiger partial charge on any atom is -0.329 e. The molecule has 0 heterocycles. The van der Waals surface area contributed by atoms with Crippen molar-refractivity contribution in [3.8, 4) is 0 Å². The zero-order valence-corrected chi connectivity index (χ0v) is 12.8. The molecule has 22 heavy (non-hydrogen) atoms. The van der Waals surface area contributed by atoms with Gasteiger partial charge in [0.05, 0.1) is 11.4 Å². The summed E-state index contributed by atoms with van der Waals surface area (Å²) < 4.78 is 26.9. The molecule has 8 heteroatoms. The second-order valence-corrected chi connectivity index (χ2v) is 4.93. The Bertz CT molecular complexity index is 635. The SMILES string of the molecule is Fc1ccccc1NC(=S)NNC(=S)Nc1ccccc1F. The fourth-order valence-electron chi connectivity index (χ4n) is 1.55. The molecule has 2 aromatic carbocycles.